The molecule has 2 unspecified atom stereocenters. The third kappa shape index (κ3) is 8.13. The number of anilines is 9. The molecule has 0 amide bonds. The summed E-state index contributed by atoms with van der Waals surface area (Å²) in [6.45, 7) is 0. The zero-order valence-electron chi connectivity index (χ0n) is 46.6. The second-order valence-electron chi connectivity index (χ2n) is 22.1. The van der Waals surface area contributed by atoms with E-state index in [0.717, 1.165) is 50.6 Å². The molecule has 2 atom stereocenters. The van der Waals surface area contributed by atoms with Crippen LogP contribution in [0.3, 0.4) is 0 Å². The van der Waals surface area contributed by atoms with Gasteiger partial charge in [0, 0.05) is 50.6 Å². The number of hydrogen-bond donors (Lipinski definition) is 0. The maximum atomic E-state index is 16.7. The van der Waals surface area contributed by atoms with Gasteiger partial charge in [-0.3, -0.25) is 0 Å². The second kappa shape index (κ2) is 20.6. The van der Waals surface area contributed by atoms with Gasteiger partial charge in [0.25, 0.3) is 0 Å². The van der Waals surface area contributed by atoms with Crippen molar-refractivity contribution in [1.82, 2.24) is 0 Å². The zero-order chi connectivity index (χ0) is 59.1. The van der Waals surface area contributed by atoms with Gasteiger partial charge in [-0.05, 0) is 163 Å². The highest BCUT2D eigenvalue weighted by molar-refractivity contribution is 6.12. The van der Waals surface area contributed by atoms with Gasteiger partial charge in [-0.25, -0.2) is 0 Å². The van der Waals surface area contributed by atoms with Crippen LogP contribution in [0, 0.1) is 0 Å². The van der Waals surface area contributed by atoms with Crippen molar-refractivity contribution in [2.24, 2.45) is 0 Å². The number of rotatable bonds is 11. The Bertz CT molecular complexity index is 4430. The molecule has 9 heteroatoms. The summed E-state index contributed by atoms with van der Waals surface area (Å²) in [5.74, 6) is 0. The number of nitrogens with zero attached hydrogens (tertiary/aromatic N) is 3. The standard InChI is InChI=1S/C78H51F6N3/c79-77(80,81)75(52-24-6-1-7-25-52)67-40-22-20-38-65(67)73-63-36-18-16-34-61(63)71(50-69(73)75)86(55-30-12-4-13-31-55)59-46-42-57(43-47-59)85(54-28-10-3-11-29-54)58-44-48-60(49-45-58)87(56-32-14-5-15-33-56)72-51-70-74(64-37-19-17-35-62(64)72)66-39-21-23-41-68(66)76(70,78(82,83)84)53-26-8-2-9-27-53/h1-51H. The van der Waals surface area contributed by atoms with Crippen LogP contribution < -0.4 is 14.7 Å². The molecule has 0 heterocycles. The van der Waals surface area contributed by atoms with Crippen LogP contribution in [0.15, 0.2) is 309 Å². The molecule has 13 aromatic rings. The number of halogens is 6. The monoisotopic (exact) mass is 1140 g/mol. The molecule has 0 saturated heterocycles. The lowest BCUT2D eigenvalue weighted by Gasteiger charge is -2.36. The Kier molecular flexibility index (Phi) is 12.6. The van der Waals surface area contributed by atoms with Crippen molar-refractivity contribution < 1.29 is 26.3 Å². The first-order valence-electron chi connectivity index (χ1n) is 28.8. The average Bonchev–Trinajstić information content (AvgIpc) is 2.01. The number of fused-ring (bicyclic) bond motifs is 10. The van der Waals surface area contributed by atoms with E-state index in [4.69, 9.17) is 0 Å². The van der Waals surface area contributed by atoms with Gasteiger partial charge < -0.3 is 14.7 Å². The Morgan fingerprint density at radius 2 is 0.483 bits per heavy atom. The van der Waals surface area contributed by atoms with E-state index < -0.39 is 23.2 Å². The Balaban J connectivity index is 0.875. The summed E-state index contributed by atoms with van der Waals surface area (Å²) in [5, 5.41) is 2.99. The van der Waals surface area contributed by atoms with Crippen LogP contribution in [0.4, 0.5) is 77.5 Å². The minimum absolute atomic E-state index is 0.140. The van der Waals surface area contributed by atoms with Gasteiger partial charge in [0.05, 0.1) is 11.4 Å². The summed E-state index contributed by atoms with van der Waals surface area (Å²) in [6.07, 6.45) is -9.47. The zero-order valence-corrected chi connectivity index (χ0v) is 46.6. The van der Waals surface area contributed by atoms with Gasteiger partial charge >= 0.3 is 12.4 Å². The van der Waals surface area contributed by atoms with E-state index in [0.29, 0.717) is 44.4 Å². The van der Waals surface area contributed by atoms with Crippen LogP contribution in [-0.2, 0) is 10.8 Å². The normalized spacial score (nSPS) is 15.8. The van der Waals surface area contributed by atoms with E-state index in [-0.39, 0.29) is 33.4 Å². The number of hydrogen-bond acceptors (Lipinski definition) is 3. The summed E-state index contributed by atoms with van der Waals surface area (Å²) in [7, 11) is 0. The predicted octanol–water partition coefficient (Wildman–Crippen LogP) is 22.2. The molecule has 0 aromatic heterocycles. The molecule has 0 radical (unpaired) electrons. The van der Waals surface area contributed by atoms with Gasteiger partial charge in [-0.1, -0.05) is 212 Å². The maximum Gasteiger partial charge on any atom is 0.406 e. The minimum atomic E-state index is -4.73. The van der Waals surface area contributed by atoms with Crippen LogP contribution in [0.1, 0.15) is 33.4 Å². The highest BCUT2D eigenvalue weighted by Gasteiger charge is 2.64. The van der Waals surface area contributed by atoms with E-state index in [1.807, 2.05) is 210 Å². The summed E-state index contributed by atoms with van der Waals surface area (Å²) in [5.41, 5.74) is 4.84. The fourth-order valence-corrected chi connectivity index (χ4v) is 14.1. The number of para-hydroxylation sites is 3. The lowest BCUT2D eigenvalue weighted by atomic mass is 9.71. The molecule has 2 aliphatic carbocycles. The minimum Gasteiger partial charge on any atom is -0.311 e. The molecule has 15 rings (SSSR count). The molecule has 0 aliphatic heterocycles. The van der Waals surface area contributed by atoms with E-state index in [1.54, 1.807) is 109 Å². The predicted molar refractivity (Wildman–Crippen MR) is 341 cm³/mol. The SMILES string of the molecule is FC(F)(F)C1(c2ccccc2)c2ccccc2-c2c1cc(N(c1ccccc1)c1ccc(N(c3ccccc3)c3ccc(N(c4ccccc4)c4cc5c(c6ccccc46)-c4ccccc4C5(c4ccccc4)C(F)(F)F)cc3)cc1)c1ccccc21. The molecule has 87 heavy (non-hydrogen) atoms. The molecule has 0 spiro atoms. The third-order valence-corrected chi connectivity index (χ3v) is 17.6. The van der Waals surface area contributed by atoms with Crippen LogP contribution in [0.2, 0.25) is 0 Å². The second-order valence-corrected chi connectivity index (χ2v) is 22.1. The molecule has 3 nitrogen and oxygen atoms in total. The molecular weight excluding hydrogens is 1090 g/mol. The van der Waals surface area contributed by atoms with Gasteiger partial charge in [0.1, 0.15) is 10.8 Å². The van der Waals surface area contributed by atoms with Crippen molar-refractivity contribution in [2.45, 2.75) is 23.2 Å². The first-order valence-corrected chi connectivity index (χ1v) is 28.8. The largest absolute Gasteiger partial charge is 0.406 e. The Labute approximate surface area is 499 Å². The fourth-order valence-electron chi connectivity index (χ4n) is 14.1. The summed E-state index contributed by atoms with van der Waals surface area (Å²) >= 11 is 0. The van der Waals surface area contributed by atoms with E-state index in [2.05, 4.69) is 4.90 Å². The van der Waals surface area contributed by atoms with Crippen molar-refractivity contribution >= 4 is 72.7 Å². The van der Waals surface area contributed by atoms with E-state index in [9.17, 15) is 0 Å². The summed E-state index contributed by atoms with van der Waals surface area (Å²) in [6, 6.07) is 94.8. The van der Waals surface area contributed by atoms with Gasteiger partial charge in [-0.15, -0.1) is 0 Å². The molecule has 0 N–H and O–H groups in total. The lowest BCUT2D eigenvalue weighted by molar-refractivity contribution is -0.166. The maximum absolute atomic E-state index is 16.7. The smallest absolute Gasteiger partial charge is 0.311 e. The Morgan fingerprint density at radius 3 is 0.816 bits per heavy atom. The molecule has 2 aliphatic rings. The lowest BCUT2D eigenvalue weighted by Crippen LogP contribution is -2.43. The molecule has 0 bridgehead atoms. The first-order chi connectivity index (χ1) is 42.5. The Hall–Kier alpha value is -10.6. The fraction of sp³-hybridized carbons (Fsp3) is 0.0513. The molecule has 0 saturated carbocycles. The summed E-state index contributed by atoms with van der Waals surface area (Å²) < 4.78 is 99.9. The van der Waals surface area contributed by atoms with E-state index >= 15 is 26.3 Å². The van der Waals surface area contributed by atoms with E-state index in [1.165, 1.54) is 0 Å². The number of alkyl halides is 6. The van der Waals surface area contributed by atoms with Crippen molar-refractivity contribution in [3.05, 3.63) is 343 Å². The van der Waals surface area contributed by atoms with Crippen molar-refractivity contribution in [3.63, 3.8) is 0 Å². The van der Waals surface area contributed by atoms with Crippen molar-refractivity contribution in [3.8, 4) is 22.3 Å². The van der Waals surface area contributed by atoms with Gasteiger partial charge in [-0.2, -0.15) is 26.3 Å². The highest BCUT2D eigenvalue weighted by Crippen LogP contribution is 2.65. The molecular formula is C78H51F6N3. The van der Waals surface area contributed by atoms with Crippen LogP contribution in [0.5, 0.6) is 0 Å². The number of benzene rings is 13. The molecule has 0 fully saturated rings. The van der Waals surface area contributed by atoms with Crippen molar-refractivity contribution in [2.75, 3.05) is 14.7 Å². The van der Waals surface area contributed by atoms with Crippen LogP contribution in [0.25, 0.3) is 43.8 Å². The third-order valence-electron chi connectivity index (χ3n) is 17.6. The molecule has 420 valence electrons. The highest BCUT2D eigenvalue weighted by atomic mass is 19.4. The first kappa shape index (κ1) is 53.1. The van der Waals surface area contributed by atoms with Gasteiger partial charge in [0.2, 0.25) is 0 Å². The van der Waals surface area contributed by atoms with Crippen LogP contribution >= 0.6 is 0 Å². The quantitative estimate of drug-likeness (QED) is 0.120. The summed E-state index contributed by atoms with van der Waals surface area (Å²) in [4.78, 5) is 6.22. The Morgan fingerprint density at radius 1 is 0.230 bits per heavy atom. The topological polar surface area (TPSA) is 9.72 Å². The van der Waals surface area contributed by atoms with Gasteiger partial charge in [0.15, 0.2) is 0 Å². The average molecular weight is 1140 g/mol. The molecule has 13 aromatic carbocycles. The van der Waals surface area contributed by atoms with Crippen molar-refractivity contribution in [1.29, 1.82) is 0 Å². The van der Waals surface area contributed by atoms with Crippen LogP contribution in [-0.4, -0.2) is 12.4 Å².